The zero-order chi connectivity index (χ0) is 35.1. The van der Waals surface area contributed by atoms with Gasteiger partial charge in [-0.2, -0.15) is 15.1 Å². The number of aromatic nitrogens is 6. The Balaban J connectivity index is 0.000000394. The number of pyridine rings is 2. The third-order valence-electron chi connectivity index (χ3n) is 10.2. The highest BCUT2D eigenvalue weighted by Crippen LogP contribution is 2.57. The number of aromatic amines is 1. The van der Waals surface area contributed by atoms with Gasteiger partial charge in [0.1, 0.15) is 52.5 Å². The predicted molar refractivity (Wildman–Crippen MR) is 180 cm³/mol. The summed E-state index contributed by atoms with van der Waals surface area (Å²) in [5.41, 5.74) is 5.27. The number of hydrogen-bond acceptors (Lipinski definition) is 10. The number of anilines is 2. The minimum Gasteiger partial charge on any atom is -0.475 e. The van der Waals surface area contributed by atoms with Gasteiger partial charge in [-0.1, -0.05) is 11.6 Å². The first-order valence-corrected chi connectivity index (χ1v) is 16.9. The van der Waals surface area contributed by atoms with Crippen LogP contribution in [0.1, 0.15) is 56.7 Å². The lowest BCUT2D eigenvalue weighted by Gasteiger charge is -2.34. The first-order valence-electron chi connectivity index (χ1n) is 16.5. The van der Waals surface area contributed by atoms with E-state index in [0.29, 0.717) is 29.1 Å². The number of halogens is 5. The summed E-state index contributed by atoms with van der Waals surface area (Å²) in [4.78, 5) is 21.5. The van der Waals surface area contributed by atoms with Crippen molar-refractivity contribution in [3.05, 3.63) is 52.3 Å². The molecule has 16 heteroatoms. The van der Waals surface area contributed by atoms with E-state index in [4.69, 9.17) is 26.8 Å². The van der Waals surface area contributed by atoms with E-state index < -0.39 is 29.5 Å². The molecule has 4 atom stereocenters. The molecule has 5 aromatic rings. The summed E-state index contributed by atoms with van der Waals surface area (Å²) in [6, 6.07) is 2.42. The summed E-state index contributed by atoms with van der Waals surface area (Å²) in [6.45, 7) is 5.62. The topological polar surface area (TPSA) is 131 Å². The largest absolute Gasteiger partial charge is 0.475 e. The van der Waals surface area contributed by atoms with Gasteiger partial charge in [-0.15, -0.1) is 0 Å². The van der Waals surface area contributed by atoms with E-state index in [1.165, 1.54) is 25.8 Å². The number of ether oxygens (including phenoxy) is 2. The van der Waals surface area contributed by atoms with Crippen molar-refractivity contribution in [2.45, 2.75) is 69.5 Å². The molecule has 7 heterocycles. The van der Waals surface area contributed by atoms with Crippen molar-refractivity contribution in [1.82, 2.24) is 35.0 Å². The van der Waals surface area contributed by atoms with Crippen molar-refractivity contribution in [3.8, 4) is 23.1 Å². The van der Waals surface area contributed by atoms with Crippen LogP contribution in [0.2, 0.25) is 5.02 Å². The van der Waals surface area contributed by atoms with Crippen LogP contribution in [0.4, 0.5) is 29.2 Å². The van der Waals surface area contributed by atoms with Gasteiger partial charge in [0.05, 0.1) is 37.1 Å². The molecule has 50 heavy (non-hydrogen) atoms. The molecule has 0 amide bonds. The molecule has 262 valence electrons. The van der Waals surface area contributed by atoms with Crippen LogP contribution in [0.15, 0.2) is 24.5 Å². The van der Waals surface area contributed by atoms with E-state index >= 15 is 8.78 Å². The first-order chi connectivity index (χ1) is 24.0. The van der Waals surface area contributed by atoms with Crippen LogP contribution in [0, 0.1) is 11.6 Å². The molecule has 1 aromatic carbocycles. The number of rotatable bonds is 5. The van der Waals surface area contributed by atoms with Gasteiger partial charge < -0.3 is 20.1 Å². The van der Waals surface area contributed by atoms with E-state index in [9.17, 15) is 8.78 Å². The number of H-pyrrole nitrogens is 1. The van der Waals surface area contributed by atoms with Gasteiger partial charge >= 0.3 is 6.01 Å². The zero-order valence-corrected chi connectivity index (χ0v) is 28.2. The van der Waals surface area contributed by atoms with Crippen molar-refractivity contribution in [3.63, 3.8) is 0 Å². The fraction of sp³-hybridized carbons (Fsp3) is 0.441. The number of fused-ring (bicyclic) bond motifs is 2. The zero-order valence-electron chi connectivity index (χ0n) is 27.5. The second kappa shape index (κ2) is 12.1. The van der Waals surface area contributed by atoms with Crippen molar-refractivity contribution in [2.24, 2.45) is 0 Å². The minimum absolute atomic E-state index is 0.0391. The molecule has 0 spiro atoms. The predicted octanol–water partition coefficient (Wildman–Crippen LogP) is 6.60. The number of benzene rings is 1. The Hall–Kier alpha value is -4.50. The molecule has 4 aromatic heterocycles. The van der Waals surface area contributed by atoms with E-state index in [1.54, 1.807) is 13.0 Å². The summed E-state index contributed by atoms with van der Waals surface area (Å²) >= 11 is 6.59. The summed E-state index contributed by atoms with van der Waals surface area (Å²) < 4.78 is 70.7. The normalized spacial score (nSPS) is 22.6. The highest BCUT2D eigenvalue weighted by Gasteiger charge is 2.49. The van der Waals surface area contributed by atoms with Crippen LogP contribution in [0.25, 0.3) is 33.1 Å². The number of nitrogens with zero attached hydrogens (tertiary/aromatic N) is 7. The van der Waals surface area contributed by atoms with E-state index in [2.05, 4.69) is 35.0 Å². The van der Waals surface area contributed by atoms with Gasteiger partial charge in [0, 0.05) is 46.2 Å². The molecule has 3 fully saturated rings. The Morgan fingerprint density at radius 2 is 1.98 bits per heavy atom. The average Bonchev–Trinajstić information content (AvgIpc) is 3.60. The number of alkyl halides is 2. The molecule has 3 N–H and O–H groups in total. The van der Waals surface area contributed by atoms with E-state index in [-0.39, 0.29) is 81.8 Å². The molecule has 1 saturated carbocycles. The van der Waals surface area contributed by atoms with Crippen LogP contribution in [0.5, 0.6) is 11.9 Å². The standard InChI is InChI=1S/C28H24ClF3N8O2.C6H10FN/c1-11-10-42-26-19-23(37-27(41-3)38-25(19)40(11)12(2)14-6-13(30)8-34-24(14)33)21(31)22(36-26)18-15-9-35-39-17(15)7-16(29)20(18)28(32)4-5-28;7-5-3-6-1-2-8(6)4-5/h6-9,11-12H,4-5,10H2,1-3H3,(H2,33,34)(H,35,39);5-6H,1-4H2/t11-,12?;/m0./s1. The molecule has 1 aliphatic carbocycles. The van der Waals surface area contributed by atoms with Crippen molar-refractivity contribution < 1.29 is 27.0 Å². The number of nitrogens with two attached hydrogens (primary N) is 1. The van der Waals surface area contributed by atoms with Crippen LogP contribution in [-0.4, -0.2) is 80.1 Å². The quantitative estimate of drug-likeness (QED) is 0.193. The van der Waals surface area contributed by atoms with Crippen LogP contribution in [0.3, 0.4) is 0 Å². The summed E-state index contributed by atoms with van der Waals surface area (Å²) in [5, 5.41) is 7.64. The SMILES string of the molecule is COc1nc2c3c(nc(-c4c(C5(F)CC5)c(Cl)cc5[nH]ncc45)c(F)c3n1)OC[C@H](C)N2C(C)c1cc(F)cnc1N.FC1CC2CCN2C1. The average molecular weight is 712 g/mol. The Morgan fingerprint density at radius 3 is 2.64 bits per heavy atom. The minimum atomic E-state index is -1.73. The molecule has 0 radical (unpaired) electrons. The molecule has 4 aliphatic rings. The maximum atomic E-state index is 16.8. The van der Waals surface area contributed by atoms with Crippen molar-refractivity contribution in [1.29, 1.82) is 0 Å². The smallest absolute Gasteiger partial charge is 0.318 e. The van der Waals surface area contributed by atoms with Gasteiger partial charge in [0.2, 0.25) is 5.88 Å². The number of nitrogen functional groups attached to an aromatic ring is 1. The molecule has 3 unspecified atom stereocenters. The van der Waals surface area contributed by atoms with Crippen molar-refractivity contribution >= 4 is 45.0 Å². The number of nitrogens with one attached hydrogen (secondary N) is 1. The van der Waals surface area contributed by atoms with Gasteiger partial charge in [-0.05, 0) is 51.7 Å². The lowest BCUT2D eigenvalue weighted by Crippen LogP contribution is -2.42. The highest BCUT2D eigenvalue weighted by molar-refractivity contribution is 6.33. The lowest BCUT2D eigenvalue weighted by atomic mass is 9.94. The summed E-state index contributed by atoms with van der Waals surface area (Å²) in [7, 11) is 1.36. The van der Waals surface area contributed by atoms with Crippen molar-refractivity contribution in [2.75, 3.05) is 37.4 Å². The highest BCUT2D eigenvalue weighted by atomic mass is 35.5. The Labute approximate surface area is 289 Å². The second-order valence-corrected chi connectivity index (χ2v) is 13.8. The molecule has 2 saturated heterocycles. The molecule has 9 rings (SSSR count). The Bertz CT molecular complexity index is 2140. The molecule has 11 nitrogen and oxygen atoms in total. The number of hydrogen-bond donors (Lipinski definition) is 2. The maximum absolute atomic E-state index is 16.8. The van der Waals surface area contributed by atoms with Gasteiger partial charge in [0.15, 0.2) is 5.82 Å². The molecule has 3 aliphatic heterocycles. The molecule has 0 bridgehead atoms. The van der Waals surface area contributed by atoms with E-state index in [1.807, 2.05) is 11.8 Å². The van der Waals surface area contributed by atoms with E-state index in [0.717, 1.165) is 19.2 Å². The first kappa shape index (κ1) is 32.7. The summed E-state index contributed by atoms with van der Waals surface area (Å²) in [5.74, 6) is -0.982. The third kappa shape index (κ3) is 5.32. The maximum Gasteiger partial charge on any atom is 0.318 e. The Morgan fingerprint density at radius 1 is 1.18 bits per heavy atom. The number of methoxy groups -OCH3 is 1. The monoisotopic (exact) mass is 711 g/mol. The fourth-order valence-electron chi connectivity index (χ4n) is 7.38. The van der Waals surface area contributed by atoms with Crippen LogP contribution < -0.4 is 20.1 Å². The fourth-order valence-corrected chi connectivity index (χ4v) is 7.76. The lowest BCUT2D eigenvalue weighted by molar-refractivity contribution is 0.139. The summed E-state index contributed by atoms with van der Waals surface area (Å²) in [6.07, 6.45) is 4.53. The Kier molecular flexibility index (Phi) is 7.90. The molecular formula is C34H34ClF4N9O2. The van der Waals surface area contributed by atoms with Gasteiger partial charge in [0.25, 0.3) is 0 Å². The third-order valence-corrected chi connectivity index (χ3v) is 10.5. The van der Waals surface area contributed by atoms with Crippen LogP contribution in [-0.2, 0) is 5.67 Å². The van der Waals surface area contributed by atoms with Crippen LogP contribution >= 0.6 is 11.6 Å². The molecular weight excluding hydrogens is 678 g/mol. The van der Waals surface area contributed by atoms with Gasteiger partial charge in [-0.25, -0.2) is 27.5 Å². The second-order valence-electron chi connectivity index (χ2n) is 13.4. The van der Waals surface area contributed by atoms with Gasteiger partial charge in [-0.3, -0.25) is 10.00 Å².